The van der Waals surface area contributed by atoms with Gasteiger partial charge in [0, 0.05) is 0 Å². The molecule has 0 aliphatic rings. The summed E-state index contributed by atoms with van der Waals surface area (Å²) in [6.45, 7) is -0.954. The molecule has 0 aliphatic heterocycles. The van der Waals surface area contributed by atoms with Gasteiger partial charge in [0.25, 0.3) is 5.09 Å². The predicted molar refractivity (Wildman–Crippen MR) is 43.0 cm³/mol. The maximum atomic E-state index is 10.0. The first-order chi connectivity index (χ1) is 6.93. The SMILES string of the molecule is O=C[C@H](O)[C@@H](O)[C@H](O)[C@@H](CO)O[N+](=O)[O-]. The minimum atomic E-state index is -1.97. The summed E-state index contributed by atoms with van der Waals surface area (Å²) in [7, 11) is 0. The summed E-state index contributed by atoms with van der Waals surface area (Å²) in [6.07, 6.45) is -7.64. The van der Waals surface area contributed by atoms with Crippen molar-refractivity contribution in [1.29, 1.82) is 0 Å². The lowest BCUT2D eigenvalue weighted by Gasteiger charge is -2.24. The number of hydrogen-bond acceptors (Lipinski definition) is 8. The highest BCUT2D eigenvalue weighted by molar-refractivity contribution is 5.56. The third-order valence-electron chi connectivity index (χ3n) is 1.62. The Bertz CT molecular complexity index is 221. The van der Waals surface area contributed by atoms with E-state index in [0.717, 1.165) is 0 Å². The molecule has 0 radical (unpaired) electrons. The topological polar surface area (TPSA) is 150 Å². The maximum absolute atomic E-state index is 10.0. The number of aldehydes is 1. The molecule has 88 valence electrons. The lowest BCUT2D eigenvalue weighted by Crippen LogP contribution is -2.48. The number of nitrogens with zero attached hydrogens (tertiary/aromatic N) is 1. The van der Waals surface area contributed by atoms with Crippen LogP contribution in [0, 0.1) is 10.1 Å². The fourth-order valence-electron chi connectivity index (χ4n) is 0.817. The number of hydrogen-bond donors (Lipinski definition) is 4. The van der Waals surface area contributed by atoms with Gasteiger partial charge in [-0.05, 0) is 0 Å². The first-order valence-corrected chi connectivity index (χ1v) is 3.85. The van der Waals surface area contributed by atoms with Gasteiger partial charge in [0.05, 0.1) is 6.61 Å². The molecule has 0 amide bonds. The Kier molecular flexibility index (Phi) is 5.70. The van der Waals surface area contributed by atoms with Gasteiger partial charge in [-0.15, -0.1) is 10.1 Å². The largest absolute Gasteiger partial charge is 0.394 e. The highest BCUT2D eigenvalue weighted by Crippen LogP contribution is 2.07. The van der Waals surface area contributed by atoms with Crippen molar-refractivity contribution in [3.8, 4) is 0 Å². The summed E-state index contributed by atoms with van der Waals surface area (Å²) in [6, 6.07) is 0. The first kappa shape index (κ1) is 13.7. The molecule has 0 spiro atoms. The molecule has 0 bridgehead atoms. The number of carbonyl (C=O) groups excluding carboxylic acids is 1. The van der Waals surface area contributed by atoms with Crippen LogP contribution in [0.25, 0.3) is 0 Å². The average molecular weight is 225 g/mol. The zero-order chi connectivity index (χ0) is 12.0. The molecule has 0 unspecified atom stereocenters. The molecule has 0 aromatic carbocycles. The number of aliphatic hydroxyl groups excluding tert-OH is 4. The maximum Gasteiger partial charge on any atom is 0.294 e. The summed E-state index contributed by atoms with van der Waals surface area (Å²) in [5.41, 5.74) is 0. The van der Waals surface area contributed by atoms with Crippen LogP contribution in [0.1, 0.15) is 0 Å². The van der Waals surface area contributed by atoms with Crippen molar-refractivity contribution >= 4 is 6.29 Å². The van der Waals surface area contributed by atoms with E-state index in [2.05, 4.69) is 4.84 Å². The van der Waals surface area contributed by atoms with Crippen molar-refractivity contribution in [2.75, 3.05) is 6.61 Å². The van der Waals surface area contributed by atoms with Crippen molar-refractivity contribution < 1.29 is 35.1 Å². The molecule has 0 aliphatic carbocycles. The number of aliphatic hydroxyl groups is 4. The van der Waals surface area contributed by atoms with E-state index in [0.29, 0.717) is 0 Å². The molecule has 0 fully saturated rings. The van der Waals surface area contributed by atoms with Gasteiger partial charge in [-0.25, -0.2) is 0 Å². The van der Waals surface area contributed by atoms with Crippen LogP contribution in [0.5, 0.6) is 0 Å². The summed E-state index contributed by atoms with van der Waals surface area (Å²) < 4.78 is 0. The zero-order valence-electron chi connectivity index (χ0n) is 7.46. The molecule has 9 heteroatoms. The Hall–Kier alpha value is -1.29. The van der Waals surface area contributed by atoms with E-state index >= 15 is 0 Å². The van der Waals surface area contributed by atoms with E-state index in [4.69, 9.17) is 20.4 Å². The van der Waals surface area contributed by atoms with Crippen LogP contribution >= 0.6 is 0 Å². The fourth-order valence-corrected chi connectivity index (χ4v) is 0.817. The fraction of sp³-hybridized carbons (Fsp3) is 0.833. The van der Waals surface area contributed by atoms with Gasteiger partial charge in [-0.1, -0.05) is 0 Å². The van der Waals surface area contributed by atoms with Gasteiger partial charge in [-0.2, -0.15) is 0 Å². The summed E-state index contributed by atoms with van der Waals surface area (Å²) in [4.78, 5) is 23.7. The van der Waals surface area contributed by atoms with Crippen LogP contribution in [0.15, 0.2) is 0 Å². The minimum Gasteiger partial charge on any atom is -0.394 e. The Labute approximate surface area is 83.6 Å². The molecule has 4 atom stereocenters. The third kappa shape index (κ3) is 4.16. The highest BCUT2D eigenvalue weighted by Gasteiger charge is 2.33. The Morgan fingerprint density at radius 1 is 1.33 bits per heavy atom. The first-order valence-electron chi connectivity index (χ1n) is 3.85. The van der Waals surface area contributed by atoms with Crippen LogP contribution in [-0.4, -0.2) is 62.8 Å². The summed E-state index contributed by atoms with van der Waals surface area (Å²) in [5.74, 6) is 0. The quantitative estimate of drug-likeness (QED) is 0.201. The zero-order valence-corrected chi connectivity index (χ0v) is 7.46. The van der Waals surface area contributed by atoms with Gasteiger partial charge in [0.15, 0.2) is 12.4 Å². The second-order valence-corrected chi connectivity index (χ2v) is 2.66. The molecule has 15 heavy (non-hydrogen) atoms. The summed E-state index contributed by atoms with van der Waals surface area (Å²) >= 11 is 0. The van der Waals surface area contributed by atoms with Crippen molar-refractivity contribution in [2.24, 2.45) is 0 Å². The number of carbonyl (C=O) groups is 1. The van der Waals surface area contributed by atoms with Gasteiger partial charge in [0.2, 0.25) is 0 Å². The Morgan fingerprint density at radius 2 is 1.87 bits per heavy atom. The van der Waals surface area contributed by atoms with Crippen molar-refractivity contribution in [1.82, 2.24) is 0 Å². The molecule has 0 saturated heterocycles. The molecule has 0 rings (SSSR count). The van der Waals surface area contributed by atoms with E-state index in [9.17, 15) is 14.9 Å². The molecular formula is C6H11NO8. The Morgan fingerprint density at radius 3 is 2.20 bits per heavy atom. The van der Waals surface area contributed by atoms with Crippen molar-refractivity contribution in [3.05, 3.63) is 10.1 Å². The molecular weight excluding hydrogens is 214 g/mol. The van der Waals surface area contributed by atoms with E-state index in [1.807, 2.05) is 0 Å². The van der Waals surface area contributed by atoms with Gasteiger partial charge in [-0.3, -0.25) is 0 Å². The van der Waals surface area contributed by atoms with Gasteiger partial charge >= 0.3 is 0 Å². The lowest BCUT2D eigenvalue weighted by atomic mass is 10.0. The summed E-state index contributed by atoms with van der Waals surface area (Å²) in [5, 5.41) is 44.2. The molecule has 0 aromatic rings. The minimum absolute atomic E-state index is 0.0610. The molecule has 4 N–H and O–H groups in total. The second kappa shape index (κ2) is 6.24. The number of rotatable bonds is 7. The van der Waals surface area contributed by atoms with Gasteiger partial charge < -0.3 is 30.1 Å². The van der Waals surface area contributed by atoms with E-state index in [1.165, 1.54) is 0 Å². The smallest absolute Gasteiger partial charge is 0.294 e. The molecule has 0 aromatic heterocycles. The van der Waals surface area contributed by atoms with E-state index in [-0.39, 0.29) is 6.29 Å². The van der Waals surface area contributed by atoms with Crippen LogP contribution in [0.4, 0.5) is 0 Å². The van der Waals surface area contributed by atoms with Gasteiger partial charge in [0.1, 0.15) is 18.3 Å². The third-order valence-corrected chi connectivity index (χ3v) is 1.62. The van der Waals surface area contributed by atoms with Crippen molar-refractivity contribution in [3.63, 3.8) is 0 Å². The van der Waals surface area contributed by atoms with Crippen LogP contribution in [0.3, 0.4) is 0 Å². The normalized spacial score (nSPS) is 18.7. The highest BCUT2D eigenvalue weighted by atomic mass is 17.0. The lowest BCUT2D eigenvalue weighted by molar-refractivity contribution is -0.771. The Balaban J connectivity index is 4.42. The standard InChI is InChI=1S/C6H11NO8/c8-1-3(10)5(11)6(12)4(2-9)15-7(13)14/h1,3-6,9-12H,2H2/t3-,4+,5+,6+/m0/s1. The van der Waals surface area contributed by atoms with Crippen LogP contribution < -0.4 is 0 Å². The van der Waals surface area contributed by atoms with Crippen molar-refractivity contribution in [2.45, 2.75) is 24.4 Å². The molecule has 0 heterocycles. The average Bonchev–Trinajstić information content (AvgIpc) is 2.22. The van der Waals surface area contributed by atoms with E-state index < -0.39 is 36.1 Å². The molecule has 9 nitrogen and oxygen atoms in total. The monoisotopic (exact) mass is 225 g/mol. The van der Waals surface area contributed by atoms with Crippen LogP contribution in [0.2, 0.25) is 0 Å². The predicted octanol–water partition coefficient (Wildman–Crippen LogP) is -3.16. The van der Waals surface area contributed by atoms with Crippen LogP contribution in [-0.2, 0) is 9.63 Å². The second-order valence-electron chi connectivity index (χ2n) is 2.66. The molecule has 0 saturated carbocycles. The van der Waals surface area contributed by atoms with E-state index in [1.54, 1.807) is 0 Å².